The van der Waals surface area contributed by atoms with Gasteiger partial charge in [-0.3, -0.25) is 4.79 Å². The second-order valence-corrected chi connectivity index (χ2v) is 4.80. The Morgan fingerprint density at radius 3 is 2.43 bits per heavy atom. The third-order valence-electron chi connectivity index (χ3n) is 3.33. The number of hydrogen-bond donors (Lipinski definition) is 1. The van der Waals surface area contributed by atoms with Gasteiger partial charge in [0.2, 0.25) is 0 Å². The Hall–Kier alpha value is -2.69. The van der Waals surface area contributed by atoms with Crippen molar-refractivity contribution in [3.63, 3.8) is 0 Å². The molecule has 0 radical (unpaired) electrons. The molecule has 5 nitrogen and oxygen atoms in total. The van der Waals surface area contributed by atoms with Crippen LogP contribution in [0.1, 0.15) is 22.8 Å². The largest absolute Gasteiger partial charge is 0.493 e. The van der Waals surface area contributed by atoms with E-state index in [1.54, 1.807) is 26.4 Å². The van der Waals surface area contributed by atoms with Crippen LogP contribution in [0.4, 0.5) is 0 Å². The molecule has 0 saturated carbocycles. The lowest BCUT2D eigenvalue weighted by molar-refractivity contribution is 0.0947. The molecule has 0 atom stereocenters. The van der Waals surface area contributed by atoms with Gasteiger partial charge in [0.15, 0.2) is 11.5 Å². The number of carbonyl (C=O) groups excluding carboxylic acids is 1. The summed E-state index contributed by atoms with van der Waals surface area (Å²) in [5.41, 5.74) is 1.44. The van der Waals surface area contributed by atoms with Crippen LogP contribution in [0, 0.1) is 0 Å². The summed E-state index contributed by atoms with van der Waals surface area (Å²) in [6.45, 7) is 2.79. The van der Waals surface area contributed by atoms with Gasteiger partial charge >= 0.3 is 0 Å². The van der Waals surface area contributed by atoms with Crippen molar-refractivity contribution in [1.82, 2.24) is 5.32 Å². The summed E-state index contributed by atoms with van der Waals surface area (Å²) < 4.78 is 15.9. The zero-order valence-corrected chi connectivity index (χ0v) is 13.6. The Morgan fingerprint density at radius 2 is 1.74 bits per heavy atom. The maximum Gasteiger partial charge on any atom is 0.255 e. The maximum atomic E-state index is 12.3. The predicted octanol–water partition coefficient (Wildman–Crippen LogP) is 3.03. The van der Waals surface area contributed by atoms with Gasteiger partial charge in [0.25, 0.3) is 5.91 Å². The van der Waals surface area contributed by atoms with Crippen molar-refractivity contribution < 1.29 is 19.0 Å². The van der Waals surface area contributed by atoms with Crippen LogP contribution in [0.15, 0.2) is 42.5 Å². The summed E-state index contributed by atoms with van der Waals surface area (Å²) >= 11 is 0. The molecule has 0 aromatic heterocycles. The molecule has 5 heteroatoms. The van der Waals surface area contributed by atoms with Crippen molar-refractivity contribution >= 4 is 5.91 Å². The van der Waals surface area contributed by atoms with Crippen molar-refractivity contribution in [2.45, 2.75) is 13.5 Å². The highest BCUT2D eigenvalue weighted by molar-refractivity contribution is 5.96. The maximum absolute atomic E-state index is 12.3. The molecule has 0 saturated heterocycles. The summed E-state index contributed by atoms with van der Waals surface area (Å²) in [5.74, 6) is 1.70. The topological polar surface area (TPSA) is 56.8 Å². The first kappa shape index (κ1) is 16.7. The molecule has 122 valence electrons. The number of para-hydroxylation sites is 1. The molecule has 0 heterocycles. The summed E-state index contributed by atoms with van der Waals surface area (Å²) in [6.07, 6.45) is 0. The van der Waals surface area contributed by atoms with E-state index in [0.29, 0.717) is 36.0 Å². The highest BCUT2D eigenvalue weighted by Gasteiger charge is 2.12. The molecule has 1 amide bonds. The molecule has 0 aliphatic rings. The summed E-state index contributed by atoms with van der Waals surface area (Å²) in [5, 5.41) is 2.89. The lowest BCUT2D eigenvalue weighted by Crippen LogP contribution is -2.23. The van der Waals surface area contributed by atoms with E-state index < -0.39 is 0 Å². The third kappa shape index (κ3) is 4.16. The lowest BCUT2D eigenvalue weighted by atomic mass is 10.1. The number of hydrogen-bond acceptors (Lipinski definition) is 4. The highest BCUT2D eigenvalue weighted by atomic mass is 16.5. The number of ether oxygens (including phenoxy) is 3. The second-order valence-electron chi connectivity index (χ2n) is 4.80. The van der Waals surface area contributed by atoms with Gasteiger partial charge in [-0.15, -0.1) is 0 Å². The minimum absolute atomic E-state index is 0.177. The molecule has 0 unspecified atom stereocenters. The van der Waals surface area contributed by atoms with Gasteiger partial charge < -0.3 is 19.5 Å². The van der Waals surface area contributed by atoms with Crippen LogP contribution in [-0.4, -0.2) is 26.7 Å². The smallest absolute Gasteiger partial charge is 0.255 e. The minimum atomic E-state index is -0.177. The third-order valence-corrected chi connectivity index (χ3v) is 3.33. The van der Waals surface area contributed by atoms with E-state index in [-0.39, 0.29) is 5.91 Å². The molecule has 0 aliphatic heterocycles. The first-order valence-electron chi connectivity index (χ1n) is 7.40. The SMILES string of the molecule is CCOc1ccccc1C(=O)NCc1ccc(OC)c(OC)c1. The molecule has 0 fully saturated rings. The van der Waals surface area contributed by atoms with Crippen molar-refractivity contribution in [3.05, 3.63) is 53.6 Å². The van der Waals surface area contributed by atoms with Crippen LogP contribution in [0.5, 0.6) is 17.2 Å². The molecule has 2 rings (SSSR count). The molecular formula is C18H21NO4. The second kappa shape index (κ2) is 8.08. The number of amides is 1. The predicted molar refractivity (Wildman–Crippen MR) is 88.3 cm³/mol. The zero-order valence-electron chi connectivity index (χ0n) is 13.6. The van der Waals surface area contributed by atoms with Crippen molar-refractivity contribution in [1.29, 1.82) is 0 Å². The number of carbonyl (C=O) groups is 1. The molecule has 1 N–H and O–H groups in total. The van der Waals surface area contributed by atoms with Crippen molar-refractivity contribution in [2.24, 2.45) is 0 Å². The lowest BCUT2D eigenvalue weighted by Gasteiger charge is -2.12. The molecule has 0 spiro atoms. The van der Waals surface area contributed by atoms with Gasteiger partial charge in [-0.1, -0.05) is 18.2 Å². The zero-order chi connectivity index (χ0) is 16.7. The summed E-state index contributed by atoms with van der Waals surface area (Å²) in [4.78, 5) is 12.3. The Morgan fingerprint density at radius 1 is 1.00 bits per heavy atom. The standard InChI is InChI=1S/C18H21NO4/c1-4-23-15-8-6-5-7-14(15)18(20)19-12-13-9-10-16(21-2)17(11-13)22-3/h5-11H,4,12H2,1-3H3,(H,19,20). The average Bonchev–Trinajstić information content (AvgIpc) is 2.60. The Labute approximate surface area is 136 Å². The van der Waals surface area contributed by atoms with E-state index in [2.05, 4.69) is 5.32 Å². The monoisotopic (exact) mass is 315 g/mol. The van der Waals surface area contributed by atoms with Crippen molar-refractivity contribution in [3.8, 4) is 17.2 Å². The highest BCUT2D eigenvalue weighted by Crippen LogP contribution is 2.27. The number of benzene rings is 2. The number of nitrogens with one attached hydrogen (secondary N) is 1. The van der Waals surface area contributed by atoms with Gasteiger partial charge in [0.1, 0.15) is 5.75 Å². The fourth-order valence-corrected chi connectivity index (χ4v) is 2.20. The molecule has 2 aromatic rings. The Bertz CT molecular complexity index is 670. The van der Waals surface area contributed by atoms with Gasteiger partial charge in [-0.25, -0.2) is 0 Å². The van der Waals surface area contributed by atoms with Crippen LogP contribution in [0.25, 0.3) is 0 Å². The molecule has 2 aromatic carbocycles. The molecular weight excluding hydrogens is 294 g/mol. The van der Waals surface area contributed by atoms with Crippen LogP contribution >= 0.6 is 0 Å². The van der Waals surface area contributed by atoms with Gasteiger partial charge in [-0.05, 0) is 36.8 Å². The van der Waals surface area contributed by atoms with Gasteiger partial charge in [0.05, 0.1) is 26.4 Å². The van der Waals surface area contributed by atoms with Crippen molar-refractivity contribution in [2.75, 3.05) is 20.8 Å². The van der Waals surface area contributed by atoms with E-state index >= 15 is 0 Å². The normalized spacial score (nSPS) is 10.0. The quantitative estimate of drug-likeness (QED) is 0.853. The fraction of sp³-hybridized carbons (Fsp3) is 0.278. The fourth-order valence-electron chi connectivity index (χ4n) is 2.20. The van der Waals surface area contributed by atoms with Crippen LogP contribution < -0.4 is 19.5 Å². The van der Waals surface area contributed by atoms with Gasteiger partial charge in [-0.2, -0.15) is 0 Å². The number of rotatable bonds is 7. The van der Waals surface area contributed by atoms with E-state index in [0.717, 1.165) is 5.56 Å². The van der Waals surface area contributed by atoms with Crippen LogP contribution in [0.2, 0.25) is 0 Å². The van der Waals surface area contributed by atoms with E-state index in [9.17, 15) is 4.79 Å². The van der Waals surface area contributed by atoms with E-state index in [1.165, 1.54) is 0 Å². The summed E-state index contributed by atoms with van der Waals surface area (Å²) in [7, 11) is 3.17. The Balaban J connectivity index is 2.07. The number of methoxy groups -OCH3 is 2. The van der Waals surface area contributed by atoms with Crippen LogP contribution in [0.3, 0.4) is 0 Å². The summed E-state index contributed by atoms with van der Waals surface area (Å²) in [6, 6.07) is 12.7. The minimum Gasteiger partial charge on any atom is -0.493 e. The molecule has 0 aliphatic carbocycles. The van der Waals surface area contributed by atoms with Gasteiger partial charge in [0, 0.05) is 6.54 Å². The first-order chi connectivity index (χ1) is 11.2. The van der Waals surface area contributed by atoms with E-state index in [4.69, 9.17) is 14.2 Å². The molecule has 0 bridgehead atoms. The Kier molecular flexibility index (Phi) is 5.86. The first-order valence-corrected chi connectivity index (χ1v) is 7.40. The van der Waals surface area contributed by atoms with Crippen LogP contribution in [-0.2, 0) is 6.54 Å². The average molecular weight is 315 g/mol. The van der Waals surface area contributed by atoms with E-state index in [1.807, 2.05) is 37.3 Å². The molecule has 23 heavy (non-hydrogen) atoms.